The number of hydrogen-bond donors (Lipinski definition) is 3. The van der Waals surface area contributed by atoms with E-state index in [0.717, 1.165) is 180 Å². The second kappa shape index (κ2) is 70.1. The van der Waals surface area contributed by atoms with E-state index in [1.807, 2.05) is 18.2 Å². The number of unbranched alkanes of at least 4 members (excludes halogenated alkanes) is 16. The standard InChI is InChI=1S/C79H128O17P2/c1-5-9-13-17-21-25-29-33-35-36-38-42-44-48-52-56-60-64-77(82)90-70-75(96-79(84)66-62-58-54-50-46-40-32-28-24-20-16-12-8-4)72-94-98(87,88)92-68-73(80)67-91-97(85,86)93-71-74(95-78(83)65-61-57-53-49-45-39-31-27-23-19-15-11-7-3)69-89-76(81)63-59-55-51-47-43-41-37-34-30-26-22-18-14-10-6-2/h9-10,13-16,19-22,25-28,31-35,37-38,42-43,47,55,59,73-75,80H,5-8,11-12,17-18,23-24,29-30,36,39-41,44-46,48-54,56-58,60-72H2,1-4H3,(H,85,86)(H,87,88)/b13-9-,14-10-,19-15-,20-16-,25-21-,26-22-,31-27-,32-28-,35-33-,37-34-,42-38-,47-43-,59-55-. The summed E-state index contributed by atoms with van der Waals surface area (Å²) >= 11 is 0. The molecule has 0 spiro atoms. The minimum absolute atomic E-state index is 0.0535. The highest BCUT2D eigenvalue weighted by Crippen LogP contribution is 2.45. The van der Waals surface area contributed by atoms with Gasteiger partial charge >= 0.3 is 39.5 Å². The molecule has 0 aromatic rings. The van der Waals surface area contributed by atoms with E-state index in [-0.39, 0.29) is 25.7 Å². The van der Waals surface area contributed by atoms with E-state index in [2.05, 4.69) is 161 Å². The molecule has 0 radical (unpaired) electrons. The minimum atomic E-state index is -5.00. The topological polar surface area (TPSA) is 237 Å². The summed E-state index contributed by atoms with van der Waals surface area (Å²) in [7, 11) is -10.00. The van der Waals surface area contributed by atoms with E-state index in [9.17, 15) is 43.2 Å². The van der Waals surface area contributed by atoms with E-state index < -0.39 is 97.5 Å². The van der Waals surface area contributed by atoms with E-state index >= 15 is 0 Å². The molecule has 0 aromatic carbocycles. The molecule has 98 heavy (non-hydrogen) atoms. The first-order chi connectivity index (χ1) is 47.7. The summed E-state index contributed by atoms with van der Waals surface area (Å²) in [5.41, 5.74) is 0. The molecule has 3 N–H and O–H groups in total. The van der Waals surface area contributed by atoms with Crippen LogP contribution < -0.4 is 0 Å². The summed E-state index contributed by atoms with van der Waals surface area (Å²) in [6.07, 6.45) is 79.9. The number of aliphatic hydroxyl groups is 1. The normalized spacial score (nSPS) is 14.9. The van der Waals surface area contributed by atoms with Crippen LogP contribution in [0.25, 0.3) is 0 Å². The molecule has 556 valence electrons. The lowest BCUT2D eigenvalue weighted by molar-refractivity contribution is -0.161. The van der Waals surface area contributed by atoms with Crippen LogP contribution in [0.5, 0.6) is 0 Å². The molecule has 5 unspecified atom stereocenters. The molecule has 0 bridgehead atoms. The van der Waals surface area contributed by atoms with E-state index in [0.29, 0.717) is 25.7 Å². The Balaban J connectivity index is 5.45. The van der Waals surface area contributed by atoms with Gasteiger partial charge in [0.25, 0.3) is 0 Å². The summed E-state index contributed by atoms with van der Waals surface area (Å²) < 4.78 is 68.2. The molecule has 0 aliphatic heterocycles. The van der Waals surface area contributed by atoms with Gasteiger partial charge in [0.05, 0.1) is 32.8 Å². The van der Waals surface area contributed by atoms with Crippen LogP contribution in [0.2, 0.25) is 0 Å². The van der Waals surface area contributed by atoms with Gasteiger partial charge in [0, 0.05) is 19.3 Å². The van der Waals surface area contributed by atoms with Gasteiger partial charge in [-0.2, -0.15) is 0 Å². The van der Waals surface area contributed by atoms with Gasteiger partial charge in [-0.1, -0.05) is 250 Å². The van der Waals surface area contributed by atoms with Crippen LogP contribution in [0.15, 0.2) is 158 Å². The molecule has 0 rings (SSSR count). The first kappa shape index (κ1) is 92.7. The van der Waals surface area contributed by atoms with Crippen molar-refractivity contribution in [1.82, 2.24) is 0 Å². The number of phosphoric acid groups is 2. The number of rotatable bonds is 67. The van der Waals surface area contributed by atoms with Crippen LogP contribution in [-0.4, -0.2) is 96.7 Å². The summed E-state index contributed by atoms with van der Waals surface area (Å²) in [6.45, 7) is 4.30. The van der Waals surface area contributed by atoms with Gasteiger partial charge in [0.15, 0.2) is 12.2 Å². The monoisotopic (exact) mass is 1410 g/mol. The third-order valence-electron chi connectivity index (χ3n) is 14.5. The third kappa shape index (κ3) is 69.2. The Kier molecular flexibility index (Phi) is 66.3. The Morgan fingerprint density at radius 3 is 0.908 bits per heavy atom. The van der Waals surface area contributed by atoms with Gasteiger partial charge in [-0.05, 0) is 141 Å². The first-order valence-electron chi connectivity index (χ1n) is 36.7. The largest absolute Gasteiger partial charge is 0.472 e. The number of carbonyl (C=O) groups excluding carboxylic acids is 4. The highest BCUT2D eigenvalue weighted by Gasteiger charge is 2.30. The second-order valence-electron chi connectivity index (χ2n) is 23.8. The predicted molar refractivity (Wildman–Crippen MR) is 399 cm³/mol. The molecule has 0 fully saturated rings. The van der Waals surface area contributed by atoms with Crippen molar-refractivity contribution in [2.75, 3.05) is 39.6 Å². The van der Waals surface area contributed by atoms with Crippen molar-refractivity contribution in [3.05, 3.63) is 158 Å². The molecule has 5 atom stereocenters. The number of ether oxygens (including phenoxy) is 4. The lowest BCUT2D eigenvalue weighted by Crippen LogP contribution is -2.30. The average Bonchev–Trinajstić information content (AvgIpc) is 0.971. The lowest BCUT2D eigenvalue weighted by atomic mass is 10.1. The second-order valence-corrected chi connectivity index (χ2v) is 26.7. The van der Waals surface area contributed by atoms with E-state index in [1.165, 1.54) is 0 Å². The van der Waals surface area contributed by atoms with Crippen molar-refractivity contribution in [2.45, 2.75) is 277 Å². The van der Waals surface area contributed by atoms with Crippen LogP contribution in [0.1, 0.15) is 259 Å². The number of esters is 4. The highest BCUT2D eigenvalue weighted by molar-refractivity contribution is 7.47. The number of aliphatic hydroxyl groups excluding tert-OH is 1. The molecular weight excluding hydrogens is 1280 g/mol. The maximum atomic E-state index is 13.1. The maximum absolute atomic E-state index is 13.1. The van der Waals surface area contributed by atoms with Crippen LogP contribution in [0.3, 0.4) is 0 Å². The zero-order chi connectivity index (χ0) is 71.8. The van der Waals surface area contributed by atoms with Crippen LogP contribution in [-0.2, 0) is 65.4 Å². The number of carbonyl (C=O) groups is 4. The summed E-state index contributed by atoms with van der Waals surface area (Å²) in [5.74, 6) is -2.40. The minimum Gasteiger partial charge on any atom is -0.462 e. The fourth-order valence-corrected chi connectivity index (χ4v) is 10.5. The lowest BCUT2D eigenvalue weighted by Gasteiger charge is -2.21. The number of phosphoric ester groups is 2. The molecule has 17 nitrogen and oxygen atoms in total. The number of hydrogen-bond acceptors (Lipinski definition) is 15. The van der Waals surface area contributed by atoms with Crippen molar-refractivity contribution in [2.24, 2.45) is 0 Å². The Morgan fingerprint density at radius 1 is 0.306 bits per heavy atom. The SMILES string of the molecule is CC/C=C\C/C=C\C/C=C\C/C=C\C/C=C\CC(=O)OCC(COP(=O)(O)OCC(O)COP(=O)(O)OCC(COC(=O)CCCCCC/C=C\C/C=C\C/C=C\C/C=C\CC)OC(=O)CCCCCCC/C=C\C/C=C\CCC)OC(=O)CCCCCCC/C=C\C/C=C\CCC. The molecular formula is C79H128O17P2. The van der Waals surface area contributed by atoms with Crippen molar-refractivity contribution in [1.29, 1.82) is 0 Å². The van der Waals surface area contributed by atoms with Crippen LogP contribution in [0, 0.1) is 0 Å². The Hall–Kier alpha value is -5.32. The molecule has 0 aromatic heterocycles. The van der Waals surface area contributed by atoms with Crippen molar-refractivity contribution in [3.63, 3.8) is 0 Å². The molecule has 0 aliphatic carbocycles. The average molecular weight is 1410 g/mol. The van der Waals surface area contributed by atoms with Gasteiger partial charge in [-0.25, -0.2) is 9.13 Å². The molecule has 0 saturated heterocycles. The summed E-state index contributed by atoms with van der Waals surface area (Å²) in [6, 6.07) is 0. The molecule has 0 saturated carbocycles. The Morgan fingerprint density at radius 2 is 0.571 bits per heavy atom. The molecule has 0 amide bonds. The maximum Gasteiger partial charge on any atom is 0.472 e. The van der Waals surface area contributed by atoms with Crippen LogP contribution >= 0.6 is 15.6 Å². The smallest absolute Gasteiger partial charge is 0.462 e. The fourth-order valence-electron chi connectivity index (χ4n) is 8.95. The van der Waals surface area contributed by atoms with E-state index in [1.54, 1.807) is 6.08 Å². The quantitative estimate of drug-likeness (QED) is 0.0169. The molecule has 0 aliphatic rings. The zero-order valence-electron chi connectivity index (χ0n) is 60.4. The third-order valence-corrected chi connectivity index (χ3v) is 16.4. The predicted octanol–water partition coefficient (Wildman–Crippen LogP) is 20.9. The fraction of sp³-hybridized carbons (Fsp3) is 0.620. The van der Waals surface area contributed by atoms with E-state index in [4.69, 9.17) is 37.0 Å². The molecule has 19 heteroatoms. The Labute approximate surface area is 591 Å². The highest BCUT2D eigenvalue weighted by atomic mass is 31.2. The van der Waals surface area contributed by atoms with Crippen molar-refractivity contribution in [3.8, 4) is 0 Å². The molecule has 0 heterocycles. The zero-order valence-corrected chi connectivity index (χ0v) is 62.2. The summed E-state index contributed by atoms with van der Waals surface area (Å²) in [5, 5.41) is 10.6. The first-order valence-corrected chi connectivity index (χ1v) is 39.7. The van der Waals surface area contributed by atoms with Gasteiger partial charge in [0.2, 0.25) is 0 Å². The van der Waals surface area contributed by atoms with Gasteiger partial charge in [0.1, 0.15) is 19.3 Å². The Bertz CT molecular complexity index is 2480. The van der Waals surface area contributed by atoms with Crippen LogP contribution in [0.4, 0.5) is 0 Å². The van der Waals surface area contributed by atoms with Gasteiger partial charge in [-0.3, -0.25) is 37.3 Å². The van der Waals surface area contributed by atoms with Gasteiger partial charge in [-0.15, -0.1) is 0 Å². The summed E-state index contributed by atoms with van der Waals surface area (Å²) in [4.78, 5) is 72.7. The number of allylic oxidation sites excluding steroid dienone is 25. The van der Waals surface area contributed by atoms with Crippen molar-refractivity contribution < 1.29 is 80.2 Å². The van der Waals surface area contributed by atoms with Crippen molar-refractivity contribution >= 4 is 39.5 Å². The van der Waals surface area contributed by atoms with Gasteiger partial charge < -0.3 is 33.8 Å².